The van der Waals surface area contributed by atoms with Gasteiger partial charge in [0.1, 0.15) is 24.4 Å². The van der Waals surface area contributed by atoms with Crippen LogP contribution in [0.15, 0.2) is 12.2 Å². The molecule has 5 heteroatoms. The van der Waals surface area contributed by atoms with Crippen molar-refractivity contribution in [1.29, 1.82) is 0 Å². The minimum Gasteiger partial charge on any atom is -0.388 e. The highest BCUT2D eigenvalue weighted by Crippen LogP contribution is 2.17. The smallest absolute Gasteiger partial charge is 0.114 e. The Kier molecular flexibility index (Phi) is 11.5. The summed E-state index contributed by atoms with van der Waals surface area (Å²) in [6.07, 6.45) is 10.5. The van der Waals surface area contributed by atoms with E-state index in [0.717, 1.165) is 12.8 Å². The number of aliphatic hydroxyl groups excluding tert-OH is 3. The lowest BCUT2D eigenvalue weighted by atomic mass is 10.1. The van der Waals surface area contributed by atoms with Crippen molar-refractivity contribution < 1.29 is 24.8 Å². The summed E-state index contributed by atoms with van der Waals surface area (Å²) in [7, 11) is 0. The monoisotopic (exact) mass is 330 g/mol. The van der Waals surface area contributed by atoms with Gasteiger partial charge in [0.15, 0.2) is 0 Å². The van der Waals surface area contributed by atoms with Gasteiger partial charge in [-0.25, -0.2) is 0 Å². The van der Waals surface area contributed by atoms with E-state index >= 15 is 0 Å². The highest BCUT2D eigenvalue weighted by atomic mass is 16.5. The topological polar surface area (TPSA) is 79.2 Å². The molecule has 1 fully saturated rings. The molecule has 1 heterocycles. The molecule has 1 aliphatic rings. The van der Waals surface area contributed by atoms with E-state index < -0.39 is 24.4 Å². The van der Waals surface area contributed by atoms with Gasteiger partial charge in [0.05, 0.1) is 19.8 Å². The third-order valence-electron chi connectivity index (χ3n) is 4.18. The van der Waals surface area contributed by atoms with E-state index in [4.69, 9.17) is 9.47 Å². The minimum atomic E-state index is -1.04. The molecule has 1 saturated heterocycles. The van der Waals surface area contributed by atoms with Crippen LogP contribution in [0.2, 0.25) is 0 Å². The summed E-state index contributed by atoms with van der Waals surface area (Å²) in [5.41, 5.74) is 0. The van der Waals surface area contributed by atoms with E-state index in [1.165, 1.54) is 38.5 Å². The number of ether oxygens (including phenoxy) is 2. The first kappa shape index (κ1) is 20.6. The Hall–Kier alpha value is -0.460. The van der Waals surface area contributed by atoms with Gasteiger partial charge in [-0.15, -0.1) is 0 Å². The van der Waals surface area contributed by atoms with Crippen molar-refractivity contribution in [1.82, 2.24) is 0 Å². The minimum absolute atomic E-state index is 0.0596. The molecule has 0 aromatic carbocycles. The fourth-order valence-electron chi connectivity index (χ4n) is 2.69. The maximum absolute atomic E-state index is 9.86. The zero-order chi connectivity index (χ0) is 16.9. The summed E-state index contributed by atoms with van der Waals surface area (Å²) in [4.78, 5) is 0. The zero-order valence-electron chi connectivity index (χ0n) is 14.4. The van der Waals surface area contributed by atoms with Gasteiger partial charge >= 0.3 is 0 Å². The van der Waals surface area contributed by atoms with E-state index in [-0.39, 0.29) is 13.2 Å². The van der Waals surface area contributed by atoms with Crippen molar-refractivity contribution in [3.8, 4) is 0 Å². The molecule has 0 aliphatic carbocycles. The first-order valence-corrected chi connectivity index (χ1v) is 9.05. The Morgan fingerprint density at radius 1 is 1.09 bits per heavy atom. The molecule has 4 atom stereocenters. The van der Waals surface area contributed by atoms with Crippen LogP contribution in [0, 0.1) is 0 Å². The van der Waals surface area contributed by atoms with Gasteiger partial charge in [0, 0.05) is 0 Å². The first-order valence-electron chi connectivity index (χ1n) is 9.05. The lowest BCUT2D eigenvalue weighted by Crippen LogP contribution is -2.40. The highest BCUT2D eigenvalue weighted by molar-refractivity contribution is 4.88. The maximum Gasteiger partial charge on any atom is 0.114 e. The van der Waals surface area contributed by atoms with Crippen molar-refractivity contribution in [2.24, 2.45) is 0 Å². The SMILES string of the molecule is CCCCCCCC/C=C/CCOC[C@@H](O)[C@@H]1OC[C@H](O)[C@@H]1O. The Balaban J connectivity index is 1.92. The average Bonchev–Trinajstić information content (AvgIpc) is 2.88. The van der Waals surface area contributed by atoms with Crippen LogP contribution in [0.5, 0.6) is 0 Å². The summed E-state index contributed by atoms with van der Waals surface area (Å²) in [5.74, 6) is 0. The predicted octanol–water partition coefficient (Wildman–Crippen LogP) is 2.18. The summed E-state index contributed by atoms with van der Waals surface area (Å²) in [6.45, 7) is 2.94. The van der Waals surface area contributed by atoms with E-state index in [1.807, 2.05) is 0 Å². The molecule has 136 valence electrons. The first-order chi connectivity index (χ1) is 11.2. The van der Waals surface area contributed by atoms with Crippen LogP contribution in [0.25, 0.3) is 0 Å². The summed E-state index contributed by atoms with van der Waals surface area (Å²) in [6, 6.07) is 0. The summed E-state index contributed by atoms with van der Waals surface area (Å²) in [5, 5.41) is 28.8. The maximum atomic E-state index is 9.86. The molecule has 0 unspecified atom stereocenters. The predicted molar refractivity (Wildman–Crippen MR) is 90.3 cm³/mol. The Morgan fingerprint density at radius 2 is 1.78 bits per heavy atom. The second-order valence-electron chi connectivity index (χ2n) is 6.31. The van der Waals surface area contributed by atoms with Gasteiger partial charge in [0.25, 0.3) is 0 Å². The number of hydrogen-bond donors (Lipinski definition) is 3. The molecule has 3 N–H and O–H groups in total. The molecule has 0 spiro atoms. The lowest BCUT2D eigenvalue weighted by molar-refractivity contribution is -0.0806. The third kappa shape index (κ3) is 8.82. The Morgan fingerprint density at radius 3 is 2.48 bits per heavy atom. The summed E-state index contributed by atoms with van der Waals surface area (Å²) >= 11 is 0. The van der Waals surface area contributed by atoms with Crippen LogP contribution in [0.1, 0.15) is 58.3 Å². The molecule has 1 rings (SSSR count). The number of hydrogen-bond acceptors (Lipinski definition) is 5. The van der Waals surface area contributed by atoms with E-state index in [2.05, 4.69) is 19.1 Å². The third-order valence-corrected chi connectivity index (χ3v) is 4.18. The van der Waals surface area contributed by atoms with E-state index in [0.29, 0.717) is 6.61 Å². The van der Waals surface area contributed by atoms with Crippen LogP contribution in [0.4, 0.5) is 0 Å². The Labute approximate surface area is 140 Å². The van der Waals surface area contributed by atoms with Crippen LogP contribution < -0.4 is 0 Å². The molecule has 0 amide bonds. The van der Waals surface area contributed by atoms with Crippen LogP contribution in [0.3, 0.4) is 0 Å². The van der Waals surface area contributed by atoms with Crippen LogP contribution >= 0.6 is 0 Å². The van der Waals surface area contributed by atoms with Crippen molar-refractivity contribution in [3.05, 3.63) is 12.2 Å². The molecule has 0 aromatic heterocycles. The zero-order valence-corrected chi connectivity index (χ0v) is 14.4. The normalized spacial score (nSPS) is 26.2. The molecular weight excluding hydrogens is 296 g/mol. The van der Waals surface area contributed by atoms with Gasteiger partial charge < -0.3 is 24.8 Å². The highest BCUT2D eigenvalue weighted by Gasteiger charge is 2.39. The average molecular weight is 330 g/mol. The molecule has 5 nitrogen and oxygen atoms in total. The Bertz CT molecular complexity index is 308. The quantitative estimate of drug-likeness (QED) is 0.356. The van der Waals surface area contributed by atoms with Crippen molar-refractivity contribution in [3.63, 3.8) is 0 Å². The van der Waals surface area contributed by atoms with Crippen molar-refractivity contribution in [2.45, 2.75) is 82.7 Å². The molecule has 1 aliphatic heterocycles. The number of rotatable bonds is 13. The molecule has 0 radical (unpaired) electrons. The fourth-order valence-corrected chi connectivity index (χ4v) is 2.69. The number of allylic oxidation sites excluding steroid dienone is 1. The molecule has 0 aromatic rings. The molecule has 0 saturated carbocycles. The van der Waals surface area contributed by atoms with E-state index in [9.17, 15) is 15.3 Å². The van der Waals surface area contributed by atoms with Gasteiger partial charge in [-0.1, -0.05) is 51.2 Å². The number of unbranched alkanes of at least 4 members (excludes halogenated alkanes) is 6. The van der Waals surface area contributed by atoms with Crippen LogP contribution in [-0.4, -0.2) is 59.6 Å². The van der Waals surface area contributed by atoms with Crippen LogP contribution in [-0.2, 0) is 9.47 Å². The van der Waals surface area contributed by atoms with Gasteiger partial charge in [-0.2, -0.15) is 0 Å². The summed E-state index contributed by atoms with van der Waals surface area (Å²) < 4.78 is 10.5. The van der Waals surface area contributed by atoms with Crippen molar-refractivity contribution >= 4 is 0 Å². The second-order valence-corrected chi connectivity index (χ2v) is 6.31. The largest absolute Gasteiger partial charge is 0.388 e. The molecule has 23 heavy (non-hydrogen) atoms. The van der Waals surface area contributed by atoms with E-state index in [1.54, 1.807) is 0 Å². The molecule has 0 bridgehead atoms. The van der Waals surface area contributed by atoms with Gasteiger partial charge in [-0.05, 0) is 19.3 Å². The fraction of sp³-hybridized carbons (Fsp3) is 0.889. The second kappa shape index (κ2) is 12.9. The molecular formula is C18H34O5. The standard InChI is InChI=1S/C18H34O5/c1-2-3-4-5-6-7-8-9-10-11-12-22-13-16(20)18-17(21)15(19)14-23-18/h9-10,15-21H,2-8,11-14H2,1H3/b10-9+/t15-,16+,17-,18-/m0/s1. The van der Waals surface area contributed by atoms with Gasteiger partial charge in [-0.3, -0.25) is 0 Å². The van der Waals surface area contributed by atoms with Gasteiger partial charge in [0.2, 0.25) is 0 Å². The number of aliphatic hydroxyl groups is 3. The lowest BCUT2D eigenvalue weighted by Gasteiger charge is -2.20. The van der Waals surface area contributed by atoms with Crippen molar-refractivity contribution in [2.75, 3.05) is 19.8 Å².